The predicted molar refractivity (Wildman–Crippen MR) is 121 cm³/mol. The molecule has 0 unspecified atom stereocenters. The number of rotatable bonds is 4. The third-order valence-corrected chi connectivity index (χ3v) is 5.96. The van der Waals surface area contributed by atoms with Gasteiger partial charge in [0.2, 0.25) is 5.13 Å². The Hall–Kier alpha value is -2.30. The Bertz CT molecular complexity index is 1230. The van der Waals surface area contributed by atoms with Gasteiger partial charge in [-0.05, 0) is 53.8 Å². The van der Waals surface area contributed by atoms with Crippen molar-refractivity contribution in [3.63, 3.8) is 0 Å². The number of aromatic nitrogens is 3. The first-order chi connectivity index (χ1) is 13.5. The van der Waals surface area contributed by atoms with Crippen molar-refractivity contribution < 1.29 is 0 Å². The molecule has 4 aromatic rings. The maximum absolute atomic E-state index is 12.8. The van der Waals surface area contributed by atoms with E-state index in [0.717, 1.165) is 14.8 Å². The van der Waals surface area contributed by atoms with Crippen molar-refractivity contribution in [3.05, 3.63) is 78.6 Å². The fourth-order valence-corrected chi connectivity index (χ4v) is 3.96. The number of aromatic amines is 1. The fraction of sp³-hybridized carbons (Fsp3) is 0.0526. The molecule has 0 aliphatic carbocycles. The highest BCUT2D eigenvalue weighted by atomic mass is 127. The molecule has 0 atom stereocenters. The molecular weight excluding hydrogens is 509 g/mol. The number of nitrogens with one attached hydrogen (secondary N) is 1. The van der Waals surface area contributed by atoms with Crippen LogP contribution in [0.2, 0.25) is 5.02 Å². The molecule has 2 aromatic carbocycles. The molecule has 0 amide bonds. The molecule has 0 aliphatic heterocycles. The minimum absolute atomic E-state index is 0.267. The lowest BCUT2D eigenvalue weighted by atomic mass is 10.2. The van der Waals surface area contributed by atoms with Crippen LogP contribution in [0.1, 0.15) is 5.69 Å². The van der Waals surface area contributed by atoms with E-state index in [-0.39, 0.29) is 11.2 Å². The lowest BCUT2D eigenvalue weighted by molar-refractivity contribution is 0.827. The molecule has 1 N–H and O–H groups in total. The van der Waals surface area contributed by atoms with Crippen LogP contribution in [0.15, 0.2) is 68.9 Å². The second-order valence-corrected chi connectivity index (χ2v) is 8.33. The van der Waals surface area contributed by atoms with Crippen LogP contribution in [0.5, 0.6) is 0 Å². The van der Waals surface area contributed by atoms with Crippen LogP contribution in [0.25, 0.3) is 16.4 Å². The molecule has 0 saturated heterocycles. The molecule has 2 heterocycles. The van der Waals surface area contributed by atoms with E-state index in [4.69, 9.17) is 11.6 Å². The number of halogens is 2. The molecule has 0 saturated carbocycles. The van der Waals surface area contributed by atoms with E-state index in [1.165, 1.54) is 16.0 Å². The summed E-state index contributed by atoms with van der Waals surface area (Å²) in [7, 11) is 0. The monoisotopic (exact) mass is 521 g/mol. The highest BCUT2D eigenvalue weighted by Crippen LogP contribution is 2.26. The largest absolute Gasteiger partial charge is 0.301 e. The molecule has 28 heavy (non-hydrogen) atoms. The second kappa shape index (κ2) is 7.98. The third kappa shape index (κ3) is 3.80. The summed E-state index contributed by atoms with van der Waals surface area (Å²) in [5.41, 5.74) is 3.03. The van der Waals surface area contributed by atoms with Gasteiger partial charge >= 0.3 is 5.56 Å². The Morgan fingerprint density at radius 2 is 1.89 bits per heavy atom. The summed E-state index contributed by atoms with van der Waals surface area (Å²) >= 11 is 9.49. The molecular formula is C19H13ClIN5OS. The van der Waals surface area contributed by atoms with Gasteiger partial charge in [0.15, 0.2) is 5.69 Å². The van der Waals surface area contributed by atoms with Gasteiger partial charge in [-0.2, -0.15) is 4.68 Å². The molecule has 140 valence electrons. The van der Waals surface area contributed by atoms with Crippen LogP contribution in [0.4, 0.5) is 11.4 Å². The van der Waals surface area contributed by atoms with Crippen LogP contribution in [-0.2, 0) is 0 Å². The van der Waals surface area contributed by atoms with E-state index in [0.29, 0.717) is 21.5 Å². The van der Waals surface area contributed by atoms with Crippen LogP contribution in [0, 0.1) is 10.5 Å². The van der Waals surface area contributed by atoms with Crippen molar-refractivity contribution in [2.45, 2.75) is 6.92 Å². The van der Waals surface area contributed by atoms with Gasteiger partial charge in [0.25, 0.3) is 0 Å². The molecule has 0 bridgehead atoms. The second-order valence-electron chi connectivity index (χ2n) is 5.90. The average Bonchev–Trinajstić information content (AvgIpc) is 3.27. The predicted octanol–water partition coefficient (Wildman–Crippen LogP) is 6.27. The Balaban J connectivity index is 1.67. The molecule has 2 aromatic heterocycles. The van der Waals surface area contributed by atoms with Crippen molar-refractivity contribution in [1.82, 2.24) is 14.8 Å². The van der Waals surface area contributed by atoms with Gasteiger partial charge in [0.05, 0.1) is 17.1 Å². The van der Waals surface area contributed by atoms with Gasteiger partial charge < -0.3 is 0 Å². The van der Waals surface area contributed by atoms with Gasteiger partial charge in [0.1, 0.15) is 0 Å². The van der Waals surface area contributed by atoms with Gasteiger partial charge in [0, 0.05) is 19.5 Å². The SMILES string of the molecule is Cc1[nH]n(-c2nc(-c3ccc(Cl)cc3)cs2)c(=O)c1N=Nc1ccccc1I. The molecule has 0 aliphatic rings. The van der Waals surface area contributed by atoms with E-state index >= 15 is 0 Å². The van der Waals surface area contributed by atoms with E-state index in [9.17, 15) is 4.79 Å². The van der Waals surface area contributed by atoms with Crippen LogP contribution in [0.3, 0.4) is 0 Å². The molecule has 0 fully saturated rings. The summed E-state index contributed by atoms with van der Waals surface area (Å²) < 4.78 is 2.36. The first-order valence-corrected chi connectivity index (χ1v) is 10.6. The number of H-pyrrole nitrogens is 1. The molecule has 6 nitrogen and oxygen atoms in total. The van der Waals surface area contributed by atoms with Crippen LogP contribution < -0.4 is 5.56 Å². The van der Waals surface area contributed by atoms with Crippen LogP contribution >= 0.6 is 45.5 Å². The average molecular weight is 522 g/mol. The molecule has 0 radical (unpaired) electrons. The van der Waals surface area contributed by atoms with Crippen LogP contribution in [-0.4, -0.2) is 14.8 Å². The summed E-state index contributed by atoms with van der Waals surface area (Å²) in [6, 6.07) is 15.0. The summed E-state index contributed by atoms with van der Waals surface area (Å²) in [5.74, 6) is 0. The topological polar surface area (TPSA) is 75.4 Å². The lowest BCUT2D eigenvalue weighted by Crippen LogP contribution is -2.13. The summed E-state index contributed by atoms with van der Waals surface area (Å²) in [6.45, 7) is 1.79. The van der Waals surface area contributed by atoms with Crippen molar-refractivity contribution in [2.75, 3.05) is 0 Å². The van der Waals surface area contributed by atoms with Gasteiger partial charge in [-0.15, -0.1) is 21.6 Å². The van der Waals surface area contributed by atoms with E-state index in [1.807, 2.05) is 53.9 Å². The highest BCUT2D eigenvalue weighted by molar-refractivity contribution is 14.1. The van der Waals surface area contributed by atoms with Crippen molar-refractivity contribution in [1.29, 1.82) is 0 Å². The zero-order valence-electron chi connectivity index (χ0n) is 14.6. The third-order valence-electron chi connectivity index (χ3n) is 3.97. The zero-order valence-corrected chi connectivity index (χ0v) is 18.3. The standard InChI is InChI=1S/C19H13ClIN5OS/c1-11-17(24-23-15-5-3-2-4-14(15)21)18(27)26(25-11)19-22-16(10-28-19)12-6-8-13(20)9-7-12/h2-10,25H,1H3. The maximum Gasteiger partial charge on any atom is 0.301 e. The number of nitrogens with zero attached hydrogens (tertiary/aromatic N) is 4. The fourth-order valence-electron chi connectivity index (χ4n) is 2.55. The van der Waals surface area contributed by atoms with Crippen molar-refractivity contribution in [2.24, 2.45) is 10.2 Å². The van der Waals surface area contributed by atoms with E-state index in [1.54, 1.807) is 6.92 Å². The summed E-state index contributed by atoms with van der Waals surface area (Å²) in [4.78, 5) is 17.4. The minimum atomic E-state index is -0.288. The van der Waals surface area contributed by atoms with Gasteiger partial charge in [-0.1, -0.05) is 35.9 Å². The summed E-state index contributed by atoms with van der Waals surface area (Å²) in [5, 5.41) is 14.5. The number of hydrogen-bond donors (Lipinski definition) is 1. The Morgan fingerprint density at radius 1 is 1.14 bits per heavy atom. The number of aryl methyl sites for hydroxylation is 1. The summed E-state index contributed by atoms with van der Waals surface area (Å²) in [6.07, 6.45) is 0. The zero-order chi connectivity index (χ0) is 19.7. The first-order valence-electron chi connectivity index (χ1n) is 8.22. The Morgan fingerprint density at radius 3 is 2.64 bits per heavy atom. The van der Waals surface area contributed by atoms with Crippen molar-refractivity contribution in [3.8, 4) is 16.4 Å². The molecule has 4 rings (SSSR count). The Labute approximate surface area is 183 Å². The quantitative estimate of drug-likeness (QED) is 0.254. The number of azo groups is 1. The lowest BCUT2D eigenvalue weighted by Gasteiger charge is -1.97. The minimum Gasteiger partial charge on any atom is -0.291 e. The smallest absolute Gasteiger partial charge is 0.291 e. The molecule has 9 heteroatoms. The number of hydrogen-bond acceptors (Lipinski definition) is 5. The number of benzene rings is 2. The van der Waals surface area contributed by atoms with Gasteiger partial charge in [-0.25, -0.2) is 4.98 Å². The van der Waals surface area contributed by atoms with E-state index < -0.39 is 0 Å². The maximum atomic E-state index is 12.8. The van der Waals surface area contributed by atoms with Crippen molar-refractivity contribution >= 4 is 56.9 Å². The highest BCUT2D eigenvalue weighted by Gasteiger charge is 2.15. The number of thiazole rings is 1. The normalized spacial score (nSPS) is 11.4. The Kier molecular flexibility index (Phi) is 5.42. The van der Waals surface area contributed by atoms with E-state index in [2.05, 4.69) is 42.9 Å². The molecule has 0 spiro atoms. The first kappa shape index (κ1) is 19.0. The van der Waals surface area contributed by atoms with Gasteiger partial charge in [-0.3, -0.25) is 9.89 Å².